The highest BCUT2D eigenvalue weighted by molar-refractivity contribution is 5.68. The average molecular weight is 419 g/mol. The maximum absolute atomic E-state index is 12.4. The summed E-state index contributed by atoms with van der Waals surface area (Å²) >= 11 is 0. The van der Waals surface area contributed by atoms with Gasteiger partial charge in [0.2, 0.25) is 0 Å². The second-order valence-electron chi connectivity index (χ2n) is 8.20. The molecule has 160 valence electrons. The van der Waals surface area contributed by atoms with Crippen LogP contribution in [0.5, 0.6) is 0 Å². The molecule has 2 aliphatic rings. The summed E-state index contributed by atoms with van der Waals surface area (Å²) in [6, 6.07) is 8.03. The third-order valence-corrected chi connectivity index (χ3v) is 6.32. The molecule has 0 aromatic carbocycles. The highest BCUT2D eigenvalue weighted by Crippen LogP contribution is 2.39. The van der Waals surface area contributed by atoms with Crippen LogP contribution in [0.25, 0.3) is 11.4 Å². The molecule has 31 heavy (non-hydrogen) atoms. The highest BCUT2D eigenvalue weighted by atomic mass is 16.5. The van der Waals surface area contributed by atoms with E-state index >= 15 is 0 Å². The summed E-state index contributed by atoms with van der Waals surface area (Å²) in [4.78, 5) is 25.0. The van der Waals surface area contributed by atoms with Gasteiger partial charge in [0, 0.05) is 56.5 Å². The lowest BCUT2D eigenvalue weighted by molar-refractivity contribution is 0.0341. The van der Waals surface area contributed by atoms with Gasteiger partial charge in [-0.3, -0.25) is 19.8 Å². The van der Waals surface area contributed by atoms with E-state index in [2.05, 4.69) is 41.8 Å². The van der Waals surface area contributed by atoms with Gasteiger partial charge in [-0.25, -0.2) is 4.79 Å². The lowest BCUT2D eigenvalue weighted by Crippen LogP contribution is -2.57. The summed E-state index contributed by atoms with van der Waals surface area (Å²) in [6.07, 6.45) is 8.70. The van der Waals surface area contributed by atoms with Crippen LogP contribution in [0.3, 0.4) is 0 Å². The van der Waals surface area contributed by atoms with E-state index in [9.17, 15) is 4.79 Å². The molecule has 2 aliphatic heterocycles. The van der Waals surface area contributed by atoms with Gasteiger partial charge in [-0.15, -0.1) is 10.2 Å². The number of carbonyl (C=O) groups excluding carboxylic acids is 1. The molecule has 0 aliphatic carbocycles. The molecule has 0 bridgehead atoms. The Hall–Kier alpha value is -3.33. The van der Waals surface area contributed by atoms with Crippen molar-refractivity contribution in [3.05, 3.63) is 60.4 Å². The first-order valence-corrected chi connectivity index (χ1v) is 10.5. The lowest BCUT2D eigenvalue weighted by atomic mass is 9.84. The first-order valence-electron chi connectivity index (χ1n) is 10.5. The molecule has 9 nitrogen and oxygen atoms in total. The van der Waals surface area contributed by atoms with Gasteiger partial charge in [-0.1, -0.05) is 0 Å². The molecule has 0 radical (unpaired) electrons. The quantitative estimate of drug-likeness (QED) is 0.644. The summed E-state index contributed by atoms with van der Waals surface area (Å²) in [5.41, 5.74) is 1.92. The van der Waals surface area contributed by atoms with E-state index in [1.165, 1.54) is 12.7 Å². The van der Waals surface area contributed by atoms with Crippen LogP contribution >= 0.6 is 0 Å². The van der Waals surface area contributed by atoms with Crippen molar-refractivity contribution in [2.24, 2.45) is 0 Å². The zero-order valence-corrected chi connectivity index (χ0v) is 17.5. The number of carbonyl (C=O) groups is 1. The van der Waals surface area contributed by atoms with Gasteiger partial charge < -0.3 is 9.30 Å². The number of ether oxygens (including phenoxy) is 1. The average Bonchev–Trinajstić information content (AvgIpc) is 3.26. The third kappa shape index (κ3) is 3.65. The Morgan fingerprint density at radius 3 is 2.61 bits per heavy atom. The van der Waals surface area contributed by atoms with E-state index in [1.807, 2.05) is 30.7 Å². The number of amides is 1. The third-order valence-electron chi connectivity index (χ3n) is 6.32. The SMILES string of the molecule is COC(=O)N1Cc2nnc(-c3cccnc3)n2C2(CCN(Cc3ccncc3)CC2)C1. The van der Waals surface area contributed by atoms with Crippen LogP contribution < -0.4 is 0 Å². The van der Waals surface area contributed by atoms with Gasteiger partial charge in [0.25, 0.3) is 0 Å². The first-order chi connectivity index (χ1) is 15.2. The Balaban J connectivity index is 1.46. The summed E-state index contributed by atoms with van der Waals surface area (Å²) in [6.45, 7) is 3.70. The molecule has 0 atom stereocenters. The Morgan fingerprint density at radius 2 is 1.90 bits per heavy atom. The fourth-order valence-electron chi connectivity index (χ4n) is 4.77. The molecule has 0 N–H and O–H groups in total. The highest BCUT2D eigenvalue weighted by Gasteiger charge is 2.45. The largest absolute Gasteiger partial charge is 0.453 e. The van der Waals surface area contributed by atoms with Gasteiger partial charge in [-0.05, 0) is 42.7 Å². The van der Waals surface area contributed by atoms with Gasteiger partial charge in [0.15, 0.2) is 11.6 Å². The predicted octanol–water partition coefficient (Wildman–Crippen LogP) is 2.31. The molecule has 1 fully saturated rings. The van der Waals surface area contributed by atoms with E-state index < -0.39 is 0 Å². The minimum absolute atomic E-state index is 0.273. The van der Waals surface area contributed by atoms with Crippen molar-refractivity contribution in [3.8, 4) is 11.4 Å². The van der Waals surface area contributed by atoms with Gasteiger partial charge in [0.05, 0.1) is 19.2 Å². The Bertz CT molecular complexity index is 1050. The Kier molecular flexibility index (Phi) is 5.11. The van der Waals surface area contributed by atoms with Crippen LogP contribution in [0.15, 0.2) is 49.1 Å². The number of rotatable bonds is 3. The predicted molar refractivity (Wildman–Crippen MR) is 113 cm³/mol. The van der Waals surface area contributed by atoms with Crippen molar-refractivity contribution >= 4 is 6.09 Å². The van der Waals surface area contributed by atoms with E-state index in [0.29, 0.717) is 13.1 Å². The summed E-state index contributed by atoms with van der Waals surface area (Å²) in [5, 5.41) is 8.95. The molecular formula is C22H25N7O2. The van der Waals surface area contributed by atoms with E-state index in [1.54, 1.807) is 11.1 Å². The number of nitrogens with zero attached hydrogens (tertiary/aromatic N) is 7. The van der Waals surface area contributed by atoms with Crippen LogP contribution in [-0.4, -0.2) is 67.4 Å². The molecule has 3 aromatic rings. The standard InChI is InChI=1S/C22H25N7O2/c1-31-21(30)28-15-19-25-26-20(18-3-2-8-24-13-18)29(19)22(16-28)6-11-27(12-7-22)14-17-4-9-23-10-5-17/h2-5,8-10,13H,6-7,11-12,14-16H2,1H3. The molecule has 0 unspecified atom stereocenters. The van der Waals surface area contributed by atoms with Crippen molar-refractivity contribution in [2.45, 2.75) is 31.5 Å². The lowest BCUT2D eigenvalue weighted by Gasteiger charge is -2.48. The topological polar surface area (TPSA) is 89.3 Å². The van der Waals surface area contributed by atoms with Crippen LogP contribution in [0.1, 0.15) is 24.2 Å². The Morgan fingerprint density at radius 1 is 1.10 bits per heavy atom. The fourth-order valence-corrected chi connectivity index (χ4v) is 4.77. The van der Waals surface area contributed by atoms with Crippen LogP contribution in [0, 0.1) is 0 Å². The molecule has 0 saturated carbocycles. The summed E-state index contributed by atoms with van der Waals surface area (Å²) in [5.74, 6) is 1.60. The van der Waals surface area contributed by atoms with Crippen molar-refractivity contribution in [1.82, 2.24) is 34.5 Å². The number of methoxy groups -OCH3 is 1. The van der Waals surface area contributed by atoms with Crippen LogP contribution in [-0.2, 0) is 23.4 Å². The molecule has 5 heterocycles. The number of hydrogen-bond acceptors (Lipinski definition) is 7. The summed E-state index contributed by atoms with van der Waals surface area (Å²) < 4.78 is 7.29. The number of piperidine rings is 1. The van der Waals surface area contributed by atoms with Crippen LogP contribution in [0.2, 0.25) is 0 Å². The second-order valence-corrected chi connectivity index (χ2v) is 8.20. The molecule has 1 amide bonds. The number of pyridine rings is 2. The van der Waals surface area contributed by atoms with Crippen LogP contribution in [0.4, 0.5) is 4.79 Å². The molecule has 1 spiro atoms. The molecule has 9 heteroatoms. The van der Waals surface area contributed by atoms with Crippen molar-refractivity contribution in [2.75, 3.05) is 26.7 Å². The number of aromatic nitrogens is 5. The second kappa shape index (κ2) is 8.07. The van der Waals surface area contributed by atoms with E-state index in [4.69, 9.17) is 4.74 Å². The molecule has 1 saturated heterocycles. The Labute approximate surface area is 180 Å². The van der Waals surface area contributed by atoms with Gasteiger partial charge >= 0.3 is 6.09 Å². The smallest absolute Gasteiger partial charge is 0.409 e. The van der Waals surface area contributed by atoms with Crippen molar-refractivity contribution in [1.29, 1.82) is 0 Å². The monoisotopic (exact) mass is 419 g/mol. The molecular weight excluding hydrogens is 394 g/mol. The maximum Gasteiger partial charge on any atom is 0.409 e. The van der Waals surface area contributed by atoms with Gasteiger partial charge in [0.1, 0.15) is 0 Å². The van der Waals surface area contributed by atoms with Crippen molar-refractivity contribution in [3.63, 3.8) is 0 Å². The fraction of sp³-hybridized carbons (Fsp3) is 0.409. The number of hydrogen-bond donors (Lipinski definition) is 0. The zero-order chi connectivity index (χ0) is 21.3. The van der Waals surface area contributed by atoms with E-state index in [0.717, 1.165) is 49.7 Å². The minimum Gasteiger partial charge on any atom is -0.453 e. The van der Waals surface area contributed by atoms with E-state index in [-0.39, 0.29) is 11.6 Å². The molecule has 5 rings (SSSR count). The van der Waals surface area contributed by atoms with Crippen molar-refractivity contribution < 1.29 is 9.53 Å². The zero-order valence-electron chi connectivity index (χ0n) is 17.5. The molecule has 3 aromatic heterocycles. The van der Waals surface area contributed by atoms with Gasteiger partial charge in [-0.2, -0.15) is 0 Å². The maximum atomic E-state index is 12.4. The minimum atomic E-state index is -0.323. The number of likely N-dealkylation sites (tertiary alicyclic amines) is 1. The number of fused-ring (bicyclic) bond motifs is 2. The normalized spacial score (nSPS) is 18.0. The summed E-state index contributed by atoms with van der Waals surface area (Å²) in [7, 11) is 1.42. The first kappa shape index (κ1) is 19.6.